The molecule has 0 fully saturated rings. The zero-order chi connectivity index (χ0) is 24.3. The minimum absolute atomic E-state index is 0.180. The monoisotopic (exact) mass is 462 g/mol. The lowest BCUT2D eigenvalue weighted by molar-refractivity contribution is -0.137. The first-order valence-electron chi connectivity index (χ1n) is 11.5. The molecule has 0 bridgehead atoms. The molecule has 3 rings (SSSR count). The first kappa shape index (κ1) is 25.0. The molecule has 0 aliphatic carbocycles. The van der Waals surface area contributed by atoms with Gasteiger partial charge in [0.1, 0.15) is 12.4 Å². The molecule has 34 heavy (non-hydrogen) atoms. The number of fused-ring (bicyclic) bond motifs is 1. The van der Waals surface area contributed by atoms with Crippen molar-refractivity contribution in [1.29, 1.82) is 0 Å². The summed E-state index contributed by atoms with van der Waals surface area (Å²) in [6.45, 7) is 4.62. The molecular formula is C27H30N2O5. The minimum atomic E-state index is -0.300. The van der Waals surface area contributed by atoms with Gasteiger partial charge in [-0.15, -0.1) is 5.92 Å². The third-order valence-corrected chi connectivity index (χ3v) is 5.64. The second-order valence-electron chi connectivity index (χ2n) is 7.96. The molecule has 3 amide bonds. The van der Waals surface area contributed by atoms with Gasteiger partial charge >= 0.3 is 0 Å². The van der Waals surface area contributed by atoms with Gasteiger partial charge in [-0.3, -0.25) is 24.1 Å². The fourth-order valence-corrected chi connectivity index (χ4v) is 3.85. The summed E-state index contributed by atoms with van der Waals surface area (Å²) < 4.78 is 5.54. The summed E-state index contributed by atoms with van der Waals surface area (Å²) in [5, 5.41) is 0. The van der Waals surface area contributed by atoms with E-state index in [9.17, 15) is 14.4 Å². The number of carbonyl (C=O) groups excluding carboxylic acids is 3. The van der Waals surface area contributed by atoms with Crippen molar-refractivity contribution in [2.24, 2.45) is 5.92 Å². The average molecular weight is 463 g/mol. The highest BCUT2D eigenvalue weighted by Crippen LogP contribution is 2.24. The zero-order valence-electron chi connectivity index (χ0n) is 19.6. The van der Waals surface area contributed by atoms with Crippen molar-refractivity contribution in [3.63, 3.8) is 0 Å². The molecule has 7 heteroatoms. The molecule has 1 aliphatic heterocycles. The Hall–Kier alpha value is -3.63. The third-order valence-electron chi connectivity index (χ3n) is 5.64. The topological polar surface area (TPSA) is 84.9 Å². The van der Waals surface area contributed by atoms with Gasteiger partial charge < -0.3 is 4.74 Å². The van der Waals surface area contributed by atoms with E-state index in [4.69, 9.17) is 9.57 Å². The van der Waals surface area contributed by atoms with E-state index in [0.717, 1.165) is 11.3 Å². The number of hydrogen-bond acceptors (Lipinski definition) is 5. The average Bonchev–Trinajstić information content (AvgIpc) is 3.10. The number of imide groups is 1. The van der Waals surface area contributed by atoms with Crippen LogP contribution in [0.25, 0.3) is 0 Å². The Morgan fingerprint density at radius 1 is 1.03 bits per heavy atom. The molecule has 1 unspecified atom stereocenters. The van der Waals surface area contributed by atoms with Crippen LogP contribution in [0.1, 0.15) is 59.4 Å². The van der Waals surface area contributed by atoms with Gasteiger partial charge in [-0.25, -0.2) is 5.48 Å². The molecule has 0 radical (unpaired) electrons. The number of unbranched alkanes of at least 4 members (excludes halogenated alkanes) is 1. The molecule has 7 nitrogen and oxygen atoms in total. The van der Waals surface area contributed by atoms with Crippen molar-refractivity contribution in [2.45, 2.75) is 39.5 Å². The highest BCUT2D eigenvalue weighted by Gasteiger charge is 2.34. The second-order valence-corrected chi connectivity index (χ2v) is 7.96. The van der Waals surface area contributed by atoms with Gasteiger partial charge in [0, 0.05) is 12.5 Å². The fourth-order valence-electron chi connectivity index (χ4n) is 3.85. The van der Waals surface area contributed by atoms with Crippen molar-refractivity contribution in [1.82, 2.24) is 10.4 Å². The molecule has 178 valence electrons. The van der Waals surface area contributed by atoms with Crippen LogP contribution in [0, 0.1) is 17.8 Å². The summed E-state index contributed by atoms with van der Waals surface area (Å²) >= 11 is 0. The van der Waals surface area contributed by atoms with Crippen molar-refractivity contribution >= 4 is 17.7 Å². The molecule has 2 aromatic rings. The Bertz CT molecular complexity index is 1030. The van der Waals surface area contributed by atoms with Gasteiger partial charge in [-0.1, -0.05) is 36.6 Å². The number of rotatable bonds is 12. The fraction of sp³-hybridized carbons (Fsp3) is 0.370. The first-order chi connectivity index (χ1) is 16.5. The van der Waals surface area contributed by atoms with E-state index in [1.165, 1.54) is 4.90 Å². The quantitative estimate of drug-likeness (QED) is 0.225. The smallest absolute Gasteiger partial charge is 0.261 e. The Balaban J connectivity index is 1.54. The van der Waals surface area contributed by atoms with E-state index in [1.54, 1.807) is 38.1 Å². The van der Waals surface area contributed by atoms with Gasteiger partial charge in [0.25, 0.3) is 11.8 Å². The van der Waals surface area contributed by atoms with E-state index in [0.29, 0.717) is 56.6 Å². The molecule has 1 N–H and O–H groups in total. The van der Waals surface area contributed by atoms with Crippen LogP contribution in [0.15, 0.2) is 48.5 Å². The van der Waals surface area contributed by atoms with E-state index < -0.39 is 0 Å². The Labute approximate surface area is 200 Å². The van der Waals surface area contributed by atoms with E-state index in [1.807, 2.05) is 24.3 Å². The molecule has 0 saturated heterocycles. The summed E-state index contributed by atoms with van der Waals surface area (Å²) in [6, 6.07) is 14.5. The van der Waals surface area contributed by atoms with Crippen LogP contribution in [-0.4, -0.2) is 42.4 Å². The molecule has 0 spiro atoms. The van der Waals surface area contributed by atoms with Crippen molar-refractivity contribution < 1.29 is 24.0 Å². The van der Waals surface area contributed by atoms with E-state index in [2.05, 4.69) is 17.3 Å². The zero-order valence-corrected chi connectivity index (χ0v) is 19.6. The molecule has 1 heterocycles. The van der Waals surface area contributed by atoms with Crippen molar-refractivity contribution in [2.75, 3.05) is 19.8 Å². The first-order valence-corrected chi connectivity index (χ1v) is 11.5. The Kier molecular flexibility index (Phi) is 9.24. The maximum atomic E-state index is 12.7. The summed E-state index contributed by atoms with van der Waals surface area (Å²) in [4.78, 5) is 44.1. The lowest BCUT2D eigenvalue weighted by atomic mass is 9.93. The number of hydrogen-bond donors (Lipinski definition) is 1. The Morgan fingerprint density at radius 3 is 2.32 bits per heavy atom. The van der Waals surface area contributed by atoms with Crippen LogP contribution in [0.4, 0.5) is 0 Å². The molecule has 2 aromatic carbocycles. The van der Waals surface area contributed by atoms with Gasteiger partial charge in [0.2, 0.25) is 5.91 Å². The normalized spacial score (nSPS) is 13.2. The van der Waals surface area contributed by atoms with Crippen LogP contribution in [0.3, 0.4) is 0 Å². The highest BCUT2D eigenvalue weighted by molar-refractivity contribution is 6.21. The molecule has 0 saturated carbocycles. The summed E-state index contributed by atoms with van der Waals surface area (Å²) in [6.07, 6.45) is 2.46. The van der Waals surface area contributed by atoms with Crippen molar-refractivity contribution in [3.05, 3.63) is 65.2 Å². The number of amides is 3. The minimum Gasteiger partial charge on any atom is -0.481 e. The lowest BCUT2D eigenvalue weighted by Gasteiger charge is -2.18. The second kappa shape index (κ2) is 12.6. The number of nitrogens with zero attached hydrogens (tertiary/aromatic N) is 1. The van der Waals surface area contributed by atoms with E-state index >= 15 is 0 Å². The summed E-state index contributed by atoms with van der Waals surface area (Å²) in [5.74, 6) is 5.38. The number of carbonyl (C=O) groups is 3. The van der Waals surface area contributed by atoms with Crippen LogP contribution in [0.2, 0.25) is 0 Å². The Morgan fingerprint density at radius 2 is 1.71 bits per heavy atom. The number of hydroxylamine groups is 1. The number of benzene rings is 2. The number of ether oxygens (including phenoxy) is 1. The summed E-state index contributed by atoms with van der Waals surface area (Å²) in [7, 11) is 0. The predicted molar refractivity (Wildman–Crippen MR) is 128 cm³/mol. The lowest BCUT2D eigenvalue weighted by Crippen LogP contribution is -2.33. The van der Waals surface area contributed by atoms with Crippen LogP contribution >= 0.6 is 0 Å². The van der Waals surface area contributed by atoms with Gasteiger partial charge in [-0.2, -0.15) is 0 Å². The molecule has 1 aliphatic rings. The predicted octanol–water partition coefficient (Wildman–Crippen LogP) is 3.78. The van der Waals surface area contributed by atoms with Crippen LogP contribution in [0.5, 0.6) is 5.75 Å². The highest BCUT2D eigenvalue weighted by atomic mass is 16.6. The van der Waals surface area contributed by atoms with E-state index in [-0.39, 0.29) is 23.6 Å². The van der Waals surface area contributed by atoms with Crippen molar-refractivity contribution in [3.8, 4) is 17.6 Å². The maximum Gasteiger partial charge on any atom is 0.261 e. The van der Waals surface area contributed by atoms with Gasteiger partial charge in [0.15, 0.2) is 0 Å². The molecular weight excluding hydrogens is 432 g/mol. The van der Waals surface area contributed by atoms with Gasteiger partial charge in [-0.05, 0) is 62.9 Å². The molecule has 1 atom stereocenters. The van der Waals surface area contributed by atoms with Crippen LogP contribution in [-0.2, 0) is 16.1 Å². The third kappa shape index (κ3) is 6.46. The largest absolute Gasteiger partial charge is 0.481 e. The standard InChI is InChI=1S/C27H30N2O5/c1-3-5-18-33-22-15-13-20(14-16-22)19-21(25(30)28-34-4-2)10-8-9-17-29-26(31)23-11-6-7-12-24(23)27(29)32/h6-7,11-16,21H,4,8-10,17-19H2,1-2H3,(H,28,30). The maximum absolute atomic E-state index is 12.7. The summed E-state index contributed by atoms with van der Waals surface area (Å²) in [5.41, 5.74) is 4.42. The number of nitrogens with one attached hydrogen (secondary N) is 1. The SMILES string of the molecule is CC#CCOc1ccc(CC(CCCCN2C(=O)c3ccccc3C2=O)C(=O)NOCC)cc1. The molecule has 0 aromatic heterocycles. The van der Waals surface area contributed by atoms with Crippen LogP contribution < -0.4 is 10.2 Å². The van der Waals surface area contributed by atoms with Gasteiger partial charge in [0.05, 0.1) is 17.7 Å².